The number of amides is 1. The zero-order valence-corrected chi connectivity index (χ0v) is 15.1. The zero-order chi connectivity index (χ0) is 18.9. The van der Waals surface area contributed by atoms with Crippen LogP contribution >= 0.6 is 0 Å². The molecule has 0 saturated carbocycles. The topological polar surface area (TPSA) is 56.8 Å². The zero-order valence-electron chi connectivity index (χ0n) is 15.1. The number of rotatable bonds is 8. The van der Waals surface area contributed by atoms with E-state index in [0.29, 0.717) is 30.2 Å². The van der Waals surface area contributed by atoms with E-state index in [1.807, 2.05) is 36.4 Å². The van der Waals surface area contributed by atoms with Crippen molar-refractivity contribution in [2.75, 3.05) is 25.6 Å². The van der Waals surface area contributed by atoms with E-state index in [-0.39, 0.29) is 5.91 Å². The first-order chi connectivity index (χ1) is 13.3. The van der Waals surface area contributed by atoms with Crippen LogP contribution in [0.2, 0.25) is 0 Å². The molecule has 0 unspecified atom stereocenters. The number of para-hydroxylation sites is 2. The lowest BCUT2D eigenvalue weighted by Gasteiger charge is -2.12. The molecular weight excluding hydrogens is 342 g/mol. The van der Waals surface area contributed by atoms with Crippen LogP contribution in [0.15, 0.2) is 78.9 Å². The average Bonchev–Trinajstić information content (AvgIpc) is 2.73. The third-order valence-electron chi connectivity index (χ3n) is 3.83. The SMILES string of the molecule is COc1ccc(NC(=O)c2ccccc2OCCOc2ccccc2)cc1. The number of carbonyl (C=O) groups excluding carboxylic acids is 1. The van der Waals surface area contributed by atoms with Crippen molar-refractivity contribution in [2.45, 2.75) is 0 Å². The van der Waals surface area contributed by atoms with Gasteiger partial charge in [0.1, 0.15) is 30.5 Å². The molecule has 138 valence electrons. The molecule has 0 aliphatic rings. The third-order valence-corrected chi connectivity index (χ3v) is 3.83. The smallest absolute Gasteiger partial charge is 0.259 e. The molecule has 1 N–H and O–H groups in total. The summed E-state index contributed by atoms with van der Waals surface area (Å²) in [7, 11) is 1.60. The highest BCUT2D eigenvalue weighted by molar-refractivity contribution is 6.06. The van der Waals surface area contributed by atoms with Gasteiger partial charge in [-0.1, -0.05) is 30.3 Å². The van der Waals surface area contributed by atoms with Crippen LogP contribution in [0, 0.1) is 0 Å². The number of benzene rings is 3. The molecule has 1 amide bonds. The first kappa shape index (κ1) is 18.3. The Hall–Kier alpha value is -3.47. The van der Waals surface area contributed by atoms with Crippen molar-refractivity contribution in [3.05, 3.63) is 84.4 Å². The standard InChI is InChI=1S/C22H21NO4/c1-25-18-13-11-17(12-14-18)23-22(24)20-9-5-6-10-21(20)27-16-15-26-19-7-3-2-4-8-19/h2-14H,15-16H2,1H3,(H,23,24). The molecule has 0 aliphatic heterocycles. The van der Waals surface area contributed by atoms with Gasteiger partial charge in [0.05, 0.1) is 12.7 Å². The lowest BCUT2D eigenvalue weighted by Crippen LogP contribution is -2.15. The first-order valence-electron chi connectivity index (χ1n) is 8.61. The van der Waals surface area contributed by atoms with Gasteiger partial charge in [0.15, 0.2) is 0 Å². The van der Waals surface area contributed by atoms with Gasteiger partial charge in [-0.15, -0.1) is 0 Å². The van der Waals surface area contributed by atoms with Gasteiger partial charge in [0, 0.05) is 5.69 Å². The fourth-order valence-electron chi connectivity index (χ4n) is 2.48. The highest BCUT2D eigenvalue weighted by Gasteiger charge is 2.12. The summed E-state index contributed by atoms with van der Waals surface area (Å²) in [6.07, 6.45) is 0. The van der Waals surface area contributed by atoms with Crippen molar-refractivity contribution in [1.82, 2.24) is 0 Å². The van der Waals surface area contributed by atoms with Crippen molar-refractivity contribution in [1.29, 1.82) is 0 Å². The molecule has 0 fully saturated rings. The summed E-state index contributed by atoms with van der Waals surface area (Å²) < 4.78 is 16.5. The van der Waals surface area contributed by atoms with E-state index < -0.39 is 0 Å². The summed E-state index contributed by atoms with van der Waals surface area (Å²) >= 11 is 0. The number of hydrogen-bond acceptors (Lipinski definition) is 4. The van der Waals surface area contributed by atoms with Gasteiger partial charge in [0.2, 0.25) is 0 Å². The minimum absolute atomic E-state index is 0.236. The van der Waals surface area contributed by atoms with Gasteiger partial charge in [-0.25, -0.2) is 0 Å². The van der Waals surface area contributed by atoms with E-state index in [4.69, 9.17) is 14.2 Å². The van der Waals surface area contributed by atoms with Crippen LogP contribution in [0.5, 0.6) is 17.2 Å². The number of nitrogens with one attached hydrogen (secondary N) is 1. The van der Waals surface area contributed by atoms with E-state index in [2.05, 4.69) is 5.32 Å². The molecule has 0 spiro atoms. The number of methoxy groups -OCH3 is 1. The Morgan fingerprint density at radius 1 is 0.778 bits per heavy atom. The first-order valence-corrected chi connectivity index (χ1v) is 8.61. The predicted octanol–water partition coefficient (Wildman–Crippen LogP) is 4.41. The average molecular weight is 363 g/mol. The van der Waals surface area contributed by atoms with Crippen molar-refractivity contribution in [2.24, 2.45) is 0 Å². The van der Waals surface area contributed by atoms with Crippen molar-refractivity contribution < 1.29 is 19.0 Å². The quantitative estimate of drug-likeness (QED) is 0.603. The molecule has 0 aromatic heterocycles. The maximum absolute atomic E-state index is 12.6. The van der Waals surface area contributed by atoms with E-state index in [9.17, 15) is 4.79 Å². The Morgan fingerprint density at radius 2 is 1.44 bits per heavy atom. The maximum atomic E-state index is 12.6. The summed E-state index contributed by atoms with van der Waals surface area (Å²) in [5.41, 5.74) is 1.15. The third kappa shape index (κ3) is 5.25. The van der Waals surface area contributed by atoms with Gasteiger partial charge in [-0.2, -0.15) is 0 Å². The Kier molecular flexibility index (Phi) is 6.30. The van der Waals surface area contributed by atoms with Gasteiger partial charge in [-0.3, -0.25) is 4.79 Å². The predicted molar refractivity (Wildman–Crippen MR) is 105 cm³/mol. The van der Waals surface area contributed by atoms with E-state index in [1.54, 1.807) is 49.6 Å². The molecule has 5 nitrogen and oxygen atoms in total. The van der Waals surface area contributed by atoms with E-state index in [1.165, 1.54) is 0 Å². The Bertz CT molecular complexity index is 863. The molecule has 3 aromatic rings. The molecule has 0 radical (unpaired) electrons. The molecule has 3 aromatic carbocycles. The van der Waals surface area contributed by atoms with E-state index in [0.717, 1.165) is 11.5 Å². The number of ether oxygens (including phenoxy) is 3. The number of carbonyl (C=O) groups is 1. The van der Waals surface area contributed by atoms with Gasteiger partial charge in [-0.05, 0) is 48.5 Å². The summed E-state index contributed by atoms with van der Waals surface area (Å²) in [6, 6.07) is 23.8. The molecular formula is C22H21NO4. The Morgan fingerprint density at radius 3 is 2.19 bits per heavy atom. The summed E-state index contributed by atoms with van der Waals surface area (Å²) in [4.78, 5) is 12.6. The van der Waals surface area contributed by atoms with Gasteiger partial charge >= 0.3 is 0 Å². The molecule has 5 heteroatoms. The Labute approximate surface area is 158 Å². The minimum atomic E-state index is -0.236. The van der Waals surface area contributed by atoms with Crippen LogP contribution in [-0.4, -0.2) is 26.2 Å². The van der Waals surface area contributed by atoms with Crippen molar-refractivity contribution in [3.63, 3.8) is 0 Å². The highest BCUT2D eigenvalue weighted by Crippen LogP contribution is 2.21. The van der Waals surface area contributed by atoms with Gasteiger partial charge < -0.3 is 19.5 Å². The lowest BCUT2D eigenvalue weighted by atomic mass is 10.2. The van der Waals surface area contributed by atoms with Crippen LogP contribution in [0.1, 0.15) is 10.4 Å². The lowest BCUT2D eigenvalue weighted by molar-refractivity contribution is 0.102. The van der Waals surface area contributed by atoms with Gasteiger partial charge in [0.25, 0.3) is 5.91 Å². The summed E-state index contributed by atoms with van der Waals surface area (Å²) in [5.74, 6) is 1.79. The van der Waals surface area contributed by atoms with Crippen LogP contribution in [0.25, 0.3) is 0 Å². The number of anilines is 1. The summed E-state index contributed by atoms with van der Waals surface area (Å²) in [5, 5.41) is 2.86. The molecule has 0 atom stereocenters. The summed E-state index contributed by atoms with van der Waals surface area (Å²) in [6.45, 7) is 0.722. The fourth-order valence-corrected chi connectivity index (χ4v) is 2.48. The molecule has 0 saturated heterocycles. The van der Waals surface area contributed by atoms with Crippen LogP contribution in [0.3, 0.4) is 0 Å². The second-order valence-corrected chi connectivity index (χ2v) is 5.69. The second kappa shape index (κ2) is 9.29. The van der Waals surface area contributed by atoms with Crippen molar-refractivity contribution in [3.8, 4) is 17.2 Å². The minimum Gasteiger partial charge on any atom is -0.497 e. The van der Waals surface area contributed by atoms with Crippen LogP contribution in [-0.2, 0) is 0 Å². The molecule has 0 aliphatic carbocycles. The Balaban J connectivity index is 1.58. The van der Waals surface area contributed by atoms with Crippen molar-refractivity contribution >= 4 is 11.6 Å². The maximum Gasteiger partial charge on any atom is 0.259 e. The normalized spacial score (nSPS) is 10.1. The fraction of sp³-hybridized carbons (Fsp3) is 0.136. The van der Waals surface area contributed by atoms with Crippen LogP contribution in [0.4, 0.5) is 5.69 Å². The van der Waals surface area contributed by atoms with Crippen LogP contribution < -0.4 is 19.5 Å². The molecule has 3 rings (SSSR count). The largest absolute Gasteiger partial charge is 0.497 e. The monoisotopic (exact) mass is 363 g/mol. The second-order valence-electron chi connectivity index (χ2n) is 5.69. The molecule has 0 heterocycles. The molecule has 27 heavy (non-hydrogen) atoms. The van der Waals surface area contributed by atoms with E-state index >= 15 is 0 Å². The highest BCUT2D eigenvalue weighted by atomic mass is 16.5. The molecule has 0 bridgehead atoms. The number of hydrogen-bond donors (Lipinski definition) is 1.